The van der Waals surface area contributed by atoms with Crippen LogP contribution in [0.5, 0.6) is 0 Å². The molecule has 1 fully saturated rings. The van der Waals surface area contributed by atoms with E-state index in [0.29, 0.717) is 12.8 Å². The predicted molar refractivity (Wildman–Crippen MR) is 112 cm³/mol. The van der Waals surface area contributed by atoms with E-state index in [-0.39, 0.29) is 12.8 Å². The Morgan fingerprint density at radius 3 is 1.69 bits per heavy atom. The second-order valence-corrected chi connectivity index (χ2v) is 10.3. The Morgan fingerprint density at radius 1 is 0.771 bits per heavy atom. The Morgan fingerprint density at radius 2 is 1.23 bits per heavy atom. The van der Waals surface area contributed by atoms with Crippen molar-refractivity contribution >= 4 is 27.6 Å². The monoisotopic (exact) mass is 554 g/mol. The molecule has 1 saturated carbocycles. The zero-order chi connectivity index (χ0) is 27.0. The summed E-state index contributed by atoms with van der Waals surface area (Å²) in [6, 6.07) is 0. The maximum atomic E-state index is 12.4. The van der Waals surface area contributed by atoms with Crippen LogP contribution in [0.15, 0.2) is 0 Å². The van der Waals surface area contributed by atoms with Gasteiger partial charge in [-0.25, -0.2) is 9.13 Å². The molecule has 1 rings (SSSR count). The van der Waals surface area contributed by atoms with E-state index in [4.69, 9.17) is 23.8 Å². The number of rotatable bonds is 14. The molecule has 35 heavy (non-hydrogen) atoms. The summed E-state index contributed by atoms with van der Waals surface area (Å²) in [7, 11) is -10.5. The number of aliphatic hydroxyl groups excluding tert-OH is 4. The van der Waals surface area contributed by atoms with Gasteiger partial charge in [0.2, 0.25) is 0 Å². The highest BCUT2D eigenvalue weighted by Crippen LogP contribution is 2.48. The van der Waals surface area contributed by atoms with E-state index < -0.39 is 83.5 Å². The number of carbonyl (C=O) groups is 2. The lowest BCUT2D eigenvalue weighted by molar-refractivity contribution is -0.216. The molecule has 1 aliphatic carbocycles. The van der Waals surface area contributed by atoms with Crippen LogP contribution in [0.3, 0.4) is 0 Å². The highest BCUT2D eigenvalue weighted by molar-refractivity contribution is 7.47. The number of esters is 2. The Kier molecular flexibility index (Phi) is 12.9. The number of ether oxygens (including phenoxy) is 2. The minimum Gasteiger partial charge on any atom is -0.462 e. The predicted octanol–water partition coefficient (Wildman–Crippen LogP) is -1.52. The van der Waals surface area contributed by atoms with Crippen LogP contribution < -0.4 is 0 Å². The van der Waals surface area contributed by atoms with Gasteiger partial charge in [-0.1, -0.05) is 13.8 Å². The first-order chi connectivity index (χ1) is 16.1. The standard InChI is InChI=1S/C17H32O16P2/c1-3-5-10(18)29-7-9(31-11(19)6-4-2)8-30-35(27,28)33-17-14(22)12(20)16(13(21)15(17)23)32-34(24,25)26/h9,12-17,20-23H,3-8H2,1-2H3,(H,27,28)(H2,24,25,26)/t9-,12-,13+,14+,15+,16?,17?/m0/s1. The van der Waals surface area contributed by atoms with Crippen molar-refractivity contribution in [3.8, 4) is 0 Å². The van der Waals surface area contributed by atoms with Crippen molar-refractivity contribution in [3.05, 3.63) is 0 Å². The fourth-order valence-electron chi connectivity index (χ4n) is 2.98. The van der Waals surface area contributed by atoms with Crippen molar-refractivity contribution < 1.29 is 76.9 Å². The molecule has 0 aliphatic heterocycles. The Bertz CT molecular complexity index is 770. The highest BCUT2D eigenvalue weighted by atomic mass is 31.2. The van der Waals surface area contributed by atoms with Gasteiger partial charge in [-0.15, -0.1) is 0 Å². The van der Waals surface area contributed by atoms with Crippen molar-refractivity contribution in [2.24, 2.45) is 0 Å². The van der Waals surface area contributed by atoms with Crippen molar-refractivity contribution in [2.45, 2.75) is 82.3 Å². The van der Waals surface area contributed by atoms with Crippen LogP contribution in [-0.2, 0) is 41.8 Å². The average Bonchev–Trinajstić information content (AvgIpc) is 2.74. The third-order valence-electron chi connectivity index (χ3n) is 4.62. The van der Waals surface area contributed by atoms with Gasteiger partial charge in [-0.3, -0.25) is 23.2 Å². The van der Waals surface area contributed by atoms with E-state index in [1.165, 1.54) is 0 Å². The summed E-state index contributed by atoms with van der Waals surface area (Å²) in [4.78, 5) is 51.1. The SMILES string of the molecule is CCCC(=O)OC[C@@H](COP(=O)(O)OC1[C@H](O)[C@H](O)C(OP(=O)(O)O)[C@H](O)[C@H]1O)OC(=O)CCC. The molecule has 0 aromatic heterocycles. The molecule has 206 valence electrons. The lowest BCUT2D eigenvalue weighted by atomic mass is 9.85. The molecule has 16 nitrogen and oxygen atoms in total. The third-order valence-corrected chi connectivity index (χ3v) is 6.12. The molecule has 1 aliphatic rings. The summed E-state index contributed by atoms with van der Waals surface area (Å²) in [5.74, 6) is -1.32. The van der Waals surface area contributed by atoms with Gasteiger partial charge in [0.15, 0.2) is 6.10 Å². The number of hydrogen-bond donors (Lipinski definition) is 7. The van der Waals surface area contributed by atoms with Gasteiger partial charge in [0.25, 0.3) is 0 Å². The summed E-state index contributed by atoms with van der Waals surface area (Å²) >= 11 is 0. The number of hydrogen-bond acceptors (Lipinski definition) is 13. The minimum atomic E-state index is -5.27. The van der Waals surface area contributed by atoms with Crippen LogP contribution in [0.4, 0.5) is 0 Å². The van der Waals surface area contributed by atoms with E-state index in [0.717, 1.165) is 0 Å². The minimum absolute atomic E-state index is 0.000771. The fourth-order valence-corrected chi connectivity index (χ4v) is 4.52. The smallest absolute Gasteiger partial charge is 0.462 e. The molecular formula is C17H32O16P2. The maximum Gasteiger partial charge on any atom is 0.472 e. The normalized spacial score (nSPS) is 29.7. The van der Waals surface area contributed by atoms with E-state index in [2.05, 4.69) is 9.05 Å². The number of carbonyl (C=O) groups excluding carboxylic acids is 2. The summed E-state index contributed by atoms with van der Waals surface area (Å²) in [5.41, 5.74) is 0. The second kappa shape index (κ2) is 14.1. The molecular weight excluding hydrogens is 522 g/mol. The molecule has 7 N–H and O–H groups in total. The Labute approximate surface area is 200 Å². The molecule has 8 atom stereocenters. The number of aliphatic hydroxyl groups is 4. The van der Waals surface area contributed by atoms with Gasteiger partial charge < -0.3 is 44.6 Å². The first-order valence-corrected chi connectivity index (χ1v) is 13.6. The van der Waals surface area contributed by atoms with Crippen LogP contribution in [-0.4, -0.2) is 103 Å². The zero-order valence-electron chi connectivity index (χ0n) is 19.0. The lowest BCUT2D eigenvalue weighted by Gasteiger charge is -2.43. The number of phosphoric acid groups is 2. The van der Waals surface area contributed by atoms with Gasteiger partial charge in [0.05, 0.1) is 6.61 Å². The van der Waals surface area contributed by atoms with Gasteiger partial charge in [-0.2, -0.15) is 0 Å². The Balaban J connectivity index is 2.85. The summed E-state index contributed by atoms with van der Waals surface area (Å²) in [5, 5.41) is 40.2. The van der Waals surface area contributed by atoms with Crippen molar-refractivity contribution in [2.75, 3.05) is 13.2 Å². The summed E-state index contributed by atoms with van der Waals surface area (Å²) in [6.45, 7) is 2.09. The highest BCUT2D eigenvalue weighted by Gasteiger charge is 2.54. The van der Waals surface area contributed by atoms with Gasteiger partial charge in [0, 0.05) is 12.8 Å². The molecule has 0 spiro atoms. The van der Waals surface area contributed by atoms with Gasteiger partial charge in [-0.05, 0) is 12.8 Å². The van der Waals surface area contributed by atoms with Crippen molar-refractivity contribution in [1.29, 1.82) is 0 Å². The topological polar surface area (TPSA) is 256 Å². The van der Waals surface area contributed by atoms with Crippen LogP contribution in [0.1, 0.15) is 39.5 Å². The first-order valence-electron chi connectivity index (χ1n) is 10.6. The fraction of sp³-hybridized carbons (Fsp3) is 0.882. The van der Waals surface area contributed by atoms with E-state index >= 15 is 0 Å². The largest absolute Gasteiger partial charge is 0.472 e. The zero-order valence-corrected chi connectivity index (χ0v) is 20.8. The van der Waals surface area contributed by atoms with Crippen molar-refractivity contribution in [1.82, 2.24) is 0 Å². The molecule has 0 amide bonds. The first kappa shape index (κ1) is 32.0. The van der Waals surface area contributed by atoms with Crippen LogP contribution in [0.25, 0.3) is 0 Å². The molecule has 0 radical (unpaired) electrons. The van der Waals surface area contributed by atoms with Gasteiger partial charge in [0.1, 0.15) is 43.2 Å². The molecule has 0 aromatic carbocycles. The second-order valence-electron chi connectivity index (χ2n) is 7.65. The van der Waals surface area contributed by atoms with E-state index in [1.807, 2.05) is 0 Å². The lowest BCUT2D eigenvalue weighted by Crippen LogP contribution is -2.64. The molecule has 0 saturated heterocycles. The molecule has 18 heteroatoms. The van der Waals surface area contributed by atoms with Crippen LogP contribution >= 0.6 is 15.6 Å². The van der Waals surface area contributed by atoms with E-state index in [9.17, 15) is 44.0 Å². The molecule has 3 unspecified atom stereocenters. The number of phosphoric ester groups is 2. The van der Waals surface area contributed by atoms with Crippen LogP contribution in [0.2, 0.25) is 0 Å². The molecule has 0 aromatic rings. The third kappa shape index (κ3) is 10.9. The quantitative estimate of drug-likeness (QED) is 0.0950. The summed E-state index contributed by atoms with van der Waals surface area (Å²) < 4.78 is 46.9. The molecule has 0 bridgehead atoms. The van der Waals surface area contributed by atoms with Crippen LogP contribution in [0, 0.1) is 0 Å². The molecule has 0 heterocycles. The van der Waals surface area contributed by atoms with E-state index in [1.54, 1.807) is 13.8 Å². The van der Waals surface area contributed by atoms with Gasteiger partial charge >= 0.3 is 27.6 Å². The Hall–Kier alpha value is -1.00. The maximum absolute atomic E-state index is 12.4. The van der Waals surface area contributed by atoms with Crippen molar-refractivity contribution in [3.63, 3.8) is 0 Å². The average molecular weight is 554 g/mol. The summed E-state index contributed by atoms with van der Waals surface area (Å²) in [6.07, 6.45) is -13.7.